The van der Waals surface area contributed by atoms with E-state index in [1.165, 1.54) is 17.1 Å². The first-order chi connectivity index (χ1) is 15.6. The predicted octanol–water partition coefficient (Wildman–Crippen LogP) is 4.02. The fourth-order valence-electron chi connectivity index (χ4n) is 3.67. The summed E-state index contributed by atoms with van der Waals surface area (Å²) in [6, 6.07) is 13.6. The summed E-state index contributed by atoms with van der Waals surface area (Å²) in [5.41, 5.74) is 2.95. The number of hydrogen-bond donors (Lipinski definition) is 0. The molecule has 1 aliphatic rings. The molecule has 0 N–H and O–H groups in total. The number of aryl methyl sites for hydroxylation is 1. The minimum absolute atomic E-state index is 0.00517. The highest BCUT2D eigenvalue weighted by Gasteiger charge is 2.23. The van der Waals surface area contributed by atoms with Gasteiger partial charge in [-0.15, -0.1) is 0 Å². The largest absolute Gasteiger partial charge is 0.493 e. The lowest BCUT2D eigenvalue weighted by Crippen LogP contribution is -2.48. The fourth-order valence-corrected chi connectivity index (χ4v) is 4.24. The summed E-state index contributed by atoms with van der Waals surface area (Å²) in [5, 5.41) is 0.423. The summed E-state index contributed by atoms with van der Waals surface area (Å²) in [5.74, 6) is 1.72. The van der Waals surface area contributed by atoms with E-state index in [1.807, 2.05) is 4.90 Å². The molecular formula is C24H28N4O3S. The first-order valence-electron chi connectivity index (χ1n) is 10.8. The average Bonchev–Trinajstić information content (AvgIpc) is 3.26. The Morgan fingerprint density at radius 1 is 1.06 bits per heavy atom. The van der Waals surface area contributed by atoms with E-state index in [0.717, 1.165) is 38.3 Å². The number of benzene rings is 2. The lowest BCUT2D eigenvalue weighted by atomic mass is 10.1. The van der Waals surface area contributed by atoms with Gasteiger partial charge in [0.25, 0.3) is 11.1 Å². The van der Waals surface area contributed by atoms with Gasteiger partial charge < -0.3 is 19.3 Å². The van der Waals surface area contributed by atoms with Gasteiger partial charge in [0.1, 0.15) is 0 Å². The highest BCUT2D eigenvalue weighted by atomic mass is 32.1. The van der Waals surface area contributed by atoms with Crippen molar-refractivity contribution < 1.29 is 14.3 Å². The van der Waals surface area contributed by atoms with Gasteiger partial charge >= 0.3 is 0 Å². The van der Waals surface area contributed by atoms with Crippen molar-refractivity contribution in [3.05, 3.63) is 65.0 Å². The van der Waals surface area contributed by atoms with Crippen molar-refractivity contribution in [1.29, 1.82) is 0 Å². The molecule has 0 saturated carbocycles. The molecular weight excluding hydrogens is 424 g/mol. The Bertz CT molecular complexity index is 1060. The van der Waals surface area contributed by atoms with Gasteiger partial charge in [-0.3, -0.25) is 4.79 Å². The smallest absolute Gasteiger partial charge is 0.298 e. The van der Waals surface area contributed by atoms with Gasteiger partial charge in [0.2, 0.25) is 0 Å². The third kappa shape index (κ3) is 5.26. The van der Waals surface area contributed by atoms with Crippen molar-refractivity contribution >= 4 is 17.4 Å². The second-order valence-electron chi connectivity index (χ2n) is 7.83. The van der Waals surface area contributed by atoms with Gasteiger partial charge in [0.05, 0.1) is 7.11 Å². The summed E-state index contributed by atoms with van der Waals surface area (Å²) < 4.78 is 15.8. The third-order valence-electron chi connectivity index (χ3n) is 5.65. The van der Waals surface area contributed by atoms with Crippen LogP contribution < -0.4 is 9.47 Å². The van der Waals surface area contributed by atoms with Crippen molar-refractivity contribution in [1.82, 2.24) is 19.2 Å². The first-order valence-corrected chi connectivity index (χ1v) is 11.6. The highest BCUT2D eigenvalue weighted by Crippen LogP contribution is 2.33. The van der Waals surface area contributed by atoms with Crippen molar-refractivity contribution in [3.8, 4) is 16.7 Å². The molecule has 1 fully saturated rings. The molecule has 0 atom stereocenters. The molecule has 2 aromatic carbocycles. The number of carbonyl (C=O) groups is 1. The van der Waals surface area contributed by atoms with Gasteiger partial charge in [-0.05, 0) is 37.2 Å². The van der Waals surface area contributed by atoms with Crippen LogP contribution in [0.15, 0.2) is 42.5 Å². The molecule has 4 rings (SSSR count). The number of hydrogen-bond acceptors (Lipinski definition) is 7. The zero-order valence-electron chi connectivity index (χ0n) is 18.7. The summed E-state index contributed by atoms with van der Waals surface area (Å²) in [4.78, 5) is 21.8. The van der Waals surface area contributed by atoms with Gasteiger partial charge in [0.15, 0.2) is 17.3 Å². The SMILES string of the molecule is CCN1CCN(C(=O)c2ccc(OC)c(Oc3nc(Cc4ccc(C)cc4)ns3)c2)CC1. The van der Waals surface area contributed by atoms with Crippen LogP contribution in [0, 0.1) is 6.92 Å². The van der Waals surface area contributed by atoms with E-state index in [0.29, 0.717) is 34.5 Å². The van der Waals surface area contributed by atoms with Crippen LogP contribution in [0.25, 0.3) is 0 Å². The van der Waals surface area contributed by atoms with Gasteiger partial charge in [-0.2, -0.15) is 9.36 Å². The van der Waals surface area contributed by atoms with Crippen molar-refractivity contribution in [2.45, 2.75) is 20.3 Å². The molecule has 1 saturated heterocycles. The molecule has 0 spiro atoms. The minimum Gasteiger partial charge on any atom is -0.493 e. The topological polar surface area (TPSA) is 67.8 Å². The van der Waals surface area contributed by atoms with Crippen LogP contribution in [0.2, 0.25) is 0 Å². The molecule has 8 heteroatoms. The number of aromatic nitrogens is 2. The summed E-state index contributed by atoms with van der Waals surface area (Å²) >= 11 is 1.19. The number of methoxy groups -OCH3 is 1. The lowest BCUT2D eigenvalue weighted by Gasteiger charge is -2.34. The fraction of sp³-hybridized carbons (Fsp3) is 0.375. The average molecular weight is 453 g/mol. The Hall–Kier alpha value is -2.97. The Balaban J connectivity index is 1.47. The molecule has 3 aromatic rings. The maximum Gasteiger partial charge on any atom is 0.298 e. The molecule has 2 heterocycles. The molecule has 0 bridgehead atoms. The molecule has 1 amide bonds. The van der Waals surface area contributed by atoms with Gasteiger partial charge in [-0.25, -0.2) is 0 Å². The quantitative estimate of drug-likeness (QED) is 0.540. The number of ether oxygens (including phenoxy) is 2. The zero-order chi connectivity index (χ0) is 22.5. The molecule has 1 aromatic heterocycles. The van der Waals surface area contributed by atoms with Crippen LogP contribution in [0.5, 0.6) is 16.7 Å². The molecule has 32 heavy (non-hydrogen) atoms. The van der Waals surface area contributed by atoms with Gasteiger partial charge in [-0.1, -0.05) is 36.8 Å². The Labute approximate surface area is 192 Å². The Morgan fingerprint density at radius 2 is 1.81 bits per heavy atom. The van der Waals surface area contributed by atoms with E-state index in [4.69, 9.17) is 9.47 Å². The first kappa shape index (κ1) is 22.2. The number of nitrogens with zero attached hydrogens (tertiary/aromatic N) is 4. The van der Waals surface area contributed by atoms with Crippen LogP contribution in [0.3, 0.4) is 0 Å². The number of likely N-dealkylation sites (N-methyl/N-ethyl adjacent to an activating group) is 1. The van der Waals surface area contributed by atoms with E-state index in [-0.39, 0.29) is 5.91 Å². The van der Waals surface area contributed by atoms with Gasteiger partial charge in [0, 0.05) is 49.7 Å². The lowest BCUT2D eigenvalue weighted by molar-refractivity contribution is 0.0643. The van der Waals surface area contributed by atoms with Crippen LogP contribution >= 0.6 is 11.5 Å². The maximum atomic E-state index is 13.0. The number of piperazine rings is 1. The van der Waals surface area contributed by atoms with Crippen LogP contribution in [0.1, 0.15) is 34.2 Å². The summed E-state index contributed by atoms with van der Waals surface area (Å²) in [7, 11) is 1.58. The number of carbonyl (C=O) groups excluding carboxylic acids is 1. The highest BCUT2D eigenvalue weighted by molar-refractivity contribution is 7.07. The van der Waals surface area contributed by atoms with Crippen LogP contribution in [0.4, 0.5) is 0 Å². The monoisotopic (exact) mass is 452 g/mol. The third-order valence-corrected chi connectivity index (χ3v) is 6.28. The van der Waals surface area contributed by atoms with Crippen molar-refractivity contribution in [2.75, 3.05) is 39.8 Å². The Kier molecular flexibility index (Phi) is 7.02. The second kappa shape index (κ2) is 10.1. The van der Waals surface area contributed by atoms with Crippen LogP contribution in [-0.4, -0.2) is 64.9 Å². The van der Waals surface area contributed by atoms with Crippen LogP contribution in [-0.2, 0) is 6.42 Å². The van der Waals surface area contributed by atoms with E-state index in [2.05, 4.69) is 52.4 Å². The summed E-state index contributed by atoms with van der Waals surface area (Å²) in [6.45, 7) is 8.47. The normalized spacial score (nSPS) is 14.4. The Morgan fingerprint density at radius 3 is 2.50 bits per heavy atom. The van der Waals surface area contributed by atoms with Crippen molar-refractivity contribution in [2.24, 2.45) is 0 Å². The standard InChI is InChI=1S/C24H28N4O3S/c1-4-27-11-13-28(14-12-27)23(29)19-9-10-20(30-3)21(16-19)31-24-25-22(26-32-24)15-18-7-5-17(2)6-8-18/h5-10,16H,4,11-15H2,1-3H3. The number of amides is 1. The molecule has 0 radical (unpaired) electrons. The molecule has 0 unspecified atom stereocenters. The minimum atomic E-state index is 0.00517. The van der Waals surface area contributed by atoms with Crippen molar-refractivity contribution in [3.63, 3.8) is 0 Å². The molecule has 168 valence electrons. The zero-order valence-corrected chi connectivity index (χ0v) is 19.5. The van der Waals surface area contributed by atoms with E-state index in [9.17, 15) is 4.79 Å². The molecule has 7 nitrogen and oxygen atoms in total. The molecule has 1 aliphatic heterocycles. The maximum absolute atomic E-state index is 13.0. The number of rotatable bonds is 7. The summed E-state index contributed by atoms with van der Waals surface area (Å²) in [6.07, 6.45) is 0.638. The molecule has 0 aliphatic carbocycles. The van der Waals surface area contributed by atoms with E-state index >= 15 is 0 Å². The van der Waals surface area contributed by atoms with E-state index < -0.39 is 0 Å². The second-order valence-corrected chi connectivity index (χ2v) is 8.55. The van der Waals surface area contributed by atoms with E-state index in [1.54, 1.807) is 25.3 Å². The predicted molar refractivity (Wildman–Crippen MR) is 125 cm³/mol.